The SMILES string of the molecule is CCc1nc2cccc3c2n1-c1cc(-c2c4ccccc4c(-c4ccc5c(c4)C(C)(C)c4cc(C#N)ccc4-5)c4ccccc24)ccc1N3c1ccccc1. The van der Waals surface area contributed by atoms with E-state index in [0.717, 1.165) is 46.0 Å². The van der Waals surface area contributed by atoms with Crippen LogP contribution < -0.4 is 4.90 Å². The van der Waals surface area contributed by atoms with E-state index in [1.54, 1.807) is 0 Å². The second kappa shape index (κ2) is 11.5. The minimum atomic E-state index is -0.232. The van der Waals surface area contributed by atoms with Gasteiger partial charge >= 0.3 is 0 Å². The molecule has 0 bridgehead atoms. The molecule has 0 spiro atoms. The standard InChI is InChI=1S/C51H36N4/c1-4-47-53-43-19-12-20-45-50(43)55(47)46-29-33(23-26-44(46)54(45)34-13-6-5-7-14-34)49-39-17-10-8-15-37(39)48(38-16-9-11-18-40(38)49)32-22-25-36-35-24-21-31(30-52)27-41(35)51(2,3)42(36)28-32/h5-29H,4H2,1-3H3. The van der Waals surface area contributed by atoms with Gasteiger partial charge in [0.15, 0.2) is 0 Å². The van der Waals surface area contributed by atoms with Crippen LogP contribution in [0.1, 0.15) is 43.3 Å². The van der Waals surface area contributed by atoms with Crippen molar-refractivity contribution in [3.8, 4) is 45.1 Å². The van der Waals surface area contributed by atoms with Gasteiger partial charge in [0.1, 0.15) is 5.82 Å². The van der Waals surface area contributed by atoms with Crippen LogP contribution in [-0.4, -0.2) is 9.55 Å². The maximum absolute atomic E-state index is 9.70. The topological polar surface area (TPSA) is 44.9 Å². The van der Waals surface area contributed by atoms with E-state index in [9.17, 15) is 5.26 Å². The number of hydrogen-bond acceptors (Lipinski definition) is 3. The molecule has 0 unspecified atom stereocenters. The third-order valence-corrected chi connectivity index (χ3v) is 12.1. The van der Waals surface area contributed by atoms with Gasteiger partial charge in [-0.15, -0.1) is 0 Å². The van der Waals surface area contributed by atoms with Crippen LogP contribution >= 0.6 is 0 Å². The van der Waals surface area contributed by atoms with Crippen molar-refractivity contribution in [2.24, 2.45) is 0 Å². The Balaban J connectivity index is 1.16. The van der Waals surface area contributed by atoms with Gasteiger partial charge < -0.3 is 4.90 Å². The molecule has 4 heteroatoms. The summed E-state index contributed by atoms with van der Waals surface area (Å²) in [6.07, 6.45) is 0.825. The Morgan fingerprint density at radius 1 is 0.582 bits per heavy atom. The molecule has 1 aromatic heterocycles. The van der Waals surface area contributed by atoms with Crippen molar-refractivity contribution in [3.63, 3.8) is 0 Å². The molecule has 0 fully saturated rings. The highest BCUT2D eigenvalue weighted by molar-refractivity contribution is 6.21. The maximum Gasteiger partial charge on any atom is 0.114 e. The molecule has 8 aromatic carbocycles. The van der Waals surface area contributed by atoms with Gasteiger partial charge in [0, 0.05) is 17.5 Å². The molecule has 9 aromatic rings. The van der Waals surface area contributed by atoms with E-state index in [2.05, 4.69) is 182 Å². The largest absolute Gasteiger partial charge is 0.306 e. The summed E-state index contributed by atoms with van der Waals surface area (Å²) in [5.74, 6) is 1.06. The fraction of sp³-hybridized carbons (Fsp3) is 0.0980. The van der Waals surface area contributed by atoms with Crippen LogP contribution in [0.5, 0.6) is 0 Å². The minimum Gasteiger partial charge on any atom is -0.306 e. The van der Waals surface area contributed by atoms with Gasteiger partial charge in [0.25, 0.3) is 0 Å². The van der Waals surface area contributed by atoms with Gasteiger partial charge in [-0.3, -0.25) is 4.57 Å². The van der Waals surface area contributed by atoms with Crippen LogP contribution in [0.2, 0.25) is 0 Å². The van der Waals surface area contributed by atoms with Crippen molar-refractivity contribution in [1.29, 1.82) is 5.26 Å². The molecule has 0 saturated heterocycles. The third kappa shape index (κ3) is 4.35. The normalized spacial score (nSPS) is 13.5. The summed E-state index contributed by atoms with van der Waals surface area (Å²) in [4.78, 5) is 7.54. The second-order valence-electron chi connectivity index (χ2n) is 15.3. The van der Waals surface area contributed by atoms with E-state index >= 15 is 0 Å². The summed E-state index contributed by atoms with van der Waals surface area (Å²) in [6.45, 7) is 6.76. The zero-order valence-corrected chi connectivity index (χ0v) is 30.9. The first-order valence-electron chi connectivity index (χ1n) is 19.1. The van der Waals surface area contributed by atoms with E-state index in [1.165, 1.54) is 66.1 Å². The van der Waals surface area contributed by atoms with Crippen molar-refractivity contribution in [3.05, 3.63) is 174 Å². The molecular weight excluding hydrogens is 669 g/mol. The molecule has 11 rings (SSSR count). The first kappa shape index (κ1) is 31.6. The van der Waals surface area contributed by atoms with E-state index in [-0.39, 0.29) is 5.41 Å². The average molecular weight is 705 g/mol. The molecule has 4 nitrogen and oxygen atoms in total. The van der Waals surface area contributed by atoms with Crippen LogP contribution in [0.25, 0.3) is 71.6 Å². The molecule has 0 saturated carbocycles. The molecule has 260 valence electrons. The second-order valence-corrected chi connectivity index (χ2v) is 15.3. The lowest BCUT2D eigenvalue weighted by Crippen LogP contribution is -2.19. The van der Waals surface area contributed by atoms with Gasteiger partial charge in [0.05, 0.1) is 39.7 Å². The van der Waals surface area contributed by atoms with Crippen LogP contribution in [0.3, 0.4) is 0 Å². The average Bonchev–Trinajstić information content (AvgIpc) is 3.72. The first-order valence-corrected chi connectivity index (χ1v) is 19.1. The van der Waals surface area contributed by atoms with Crippen LogP contribution in [-0.2, 0) is 11.8 Å². The number of anilines is 3. The van der Waals surface area contributed by atoms with Crippen LogP contribution in [0, 0.1) is 11.3 Å². The smallest absolute Gasteiger partial charge is 0.114 e. The number of rotatable bonds is 4. The van der Waals surface area contributed by atoms with Crippen LogP contribution in [0.15, 0.2) is 152 Å². The van der Waals surface area contributed by atoms with Gasteiger partial charge in [-0.1, -0.05) is 118 Å². The highest BCUT2D eigenvalue weighted by Crippen LogP contribution is 2.53. The number of nitrogens with zero attached hydrogens (tertiary/aromatic N) is 4. The maximum atomic E-state index is 9.70. The van der Waals surface area contributed by atoms with E-state index < -0.39 is 0 Å². The van der Waals surface area contributed by atoms with Crippen molar-refractivity contribution in [1.82, 2.24) is 9.55 Å². The Bertz CT molecular complexity index is 3070. The van der Waals surface area contributed by atoms with Crippen LogP contribution in [0.4, 0.5) is 17.1 Å². The number of hydrogen-bond donors (Lipinski definition) is 0. The quantitative estimate of drug-likeness (QED) is 0.171. The molecule has 55 heavy (non-hydrogen) atoms. The lowest BCUT2D eigenvalue weighted by atomic mass is 9.80. The summed E-state index contributed by atoms with van der Waals surface area (Å²) < 4.78 is 2.39. The van der Waals surface area contributed by atoms with E-state index in [4.69, 9.17) is 4.98 Å². The minimum absolute atomic E-state index is 0.232. The predicted octanol–water partition coefficient (Wildman–Crippen LogP) is 13.2. The molecule has 0 amide bonds. The Hall–Kier alpha value is -6.96. The lowest BCUT2D eigenvalue weighted by Gasteiger charge is -2.33. The molecule has 1 aliphatic carbocycles. The monoisotopic (exact) mass is 704 g/mol. The zero-order chi connectivity index (χ0) is 37.0. The van der Waals surface area contributed by atoms with Crippen molar-refractivity contribution >= 4 is 49.6 Å². The van der Waals surface area contributed by atoms with E-state index in [1.807, 2.05) is 6.07 Å². The third-order valence-electron chi connectivity index (χ3n) is 12.1. The van der Waals surface area contributed by atoms with Gasteiger partial charge in [-0.25, -0.2) is 4.98 Å². The molecule has 1 aliphatic heterocycles. The van der Waals surface area contributed by atoms with Crippen molar-refractivity contribution in [2.45, 2.75) is 32.6 Å². The summed E-state index contributed by atoms with van der Waals surface area (Å²) in [7, 11) is 0. The molecule has 0 atom stereocenters. The Morgan fingerprint density at radius 2 is 1.18 bits per heavy atom. The number of fused-ring (bicyclic) bond motifs is 7. The summed E-state index contributed by atoms with van der Waals surface area (Å²) >= 11 is 0. The Morgan fingerprint density at radius 3 is 1.84 bits per heavy atom. The Kier molecular flexibility index (Phi) is 6.61. The molecular formula is C51H36N4. The molecule has 2 heterocycles. The van der Waals surface area contributed by atoms with Crippen molar-refractivity contribution in [2.75, 3.05) is 4.90 Å². The summed E-state index contributed by atoms with van der Waals surface area (Å²) in [6, 6.07) is 57.4. The summed E-state index contributed by atoms with van der Waals surface area (Å²) in [5.41, 5.74) is 17.0. The van der Waals surface area contributed by atoms with Gasteiger partial charge in [0.2, 0.25) is 0 Å². The molecule has 2 aliphatic rings. The zero-order valence-electron chi connectivity index (χ0n) is 30.9. The highest BCUT2D eigenvalue weighted by Gasteiger charge is 2.36. The number of aryl methyl sites for hydroxylation is 1. The lowest BCUT2D eigenvalue weighted by molar-refractivity contribution is 0.660. The van der Waals surface area contributed by atoms with Gasteiger partial charge in [-0.2, -0.15) is 5.26 Å². The first-order chi connectivity index (χ1) is 27.0. The number of nitriles is 1. The molecule has 0 N–H and O–H groups in total. The highest BCUT2D eigenvalue weighted by atomic mass is 15.2. The van der Waals surface area contributed by atoms with Gasteiger partial charge in [-0.05, 0) is 121 Å². The fourth-order valence-electron chi connectivity index (χ4n) is 9.58. The van der Waals surface area contributed by atoms with Crippen molar-refractivity contribution < 1.29 is 0 Å². The fourth-order valence-corrected chi connectivity index (χ4v) is 9.58. The van der Waals surface area contributed by atoms with E-state index in [0.29, 0.717) is 5.56 Å². The number of imidazole rings is 1. The number of benzene rings is 8. The summed E-state index contributed by atoms with van der Waals surface area (Å²) in [5, 5.41) is 14.6. The number of aromatic nitrogens is 2. The Labute approximate surface area is 320 Å². The molecule has 0 radical (unpaired) electrons. The number of para-hydroxylation sites is 2. The predicted molar refractivity (Wildman–Crippen MR) is 227 cm³/mol.